The maximum absolute atomic E-state index is 13.5. The van der Waals surface area contributed by atoms with Gasteiger partial charge in [0.05, 0.1) is 36.7 Å². The Kier molecular flexibility index (Phi) is 10.4. The molecule has 0 radical (unpaired) electrons. The maximum Gasteiger partial charge on any atom is 0.264 e. The van der Waals surface area contributed by atoms with Crippen LogP contribution in [-0.4, -0.2) is 76.9 Å². The summed E-state index contributed by atoms with van der Waals surface area (Å²) < 4.78 is 42.2. The van der Waals surface area contributed by atoms with Gasteiger partial charge in [-0.25, -0.2) is 13.1 Å². The number of anilines is 1. The van der Waals surface area contributed by atoms with Crippen molar-refractivity contribution in [3.63, 3.8) is 0 Å². The summed E-state index contributed by atoms with van der Waals surface area (Å²) in [6.07, 6.45) is 10.5. The van der Waals surface area contributed by atoms with Crippen LogP contribution in [0.5, 0.6) is 5.75 Å². The lowest BCUT2D eigenvalue weighted by Crippen LogP contribution is -2.49. The van der Waals surface area contributed by atoms with Crippen LogP contribution in [-0.2, 0) is 31.4 Å². The highest BCUT2D eigenvalue weighted by Crippen LogP contribution is 2.47. The molecule has 1 N–H and O–H groups in total. The molecule has 1 spiro atoms. The number of fused-ring (bicyclic) bond motifs is 4. The number of sulfonamides is 1. The lowest BCUT2D eigenvalue weighted by Gasteiger charge is -2.46. The number of rotatable bonds is 5. The molecule has 260 valence electrons. The van der Waals surface area contributed by atoms with Crippen molar-refractivity contribution in [2.75, 3.05) is 45.3 Å². The standard InChI is InChI=1S/C37H48ClN3O6S/c1-4-29-9-5-6-10-33(46-19-17-35(42)40(2)3)30-14-11-27(30)22-41-23-37(18-7-8-25-20-28(38)13-15-31(25)37)24-47-34-16-12-26(21-32(34)41)36(43)39-48(29,44)45/h6,10,12-13,15-16,20-21,27,29-30,33H,4-5,7-9,11,14,17-19,22-24H2,1-3H3,(H,39,43)/b10-6+/t27-,29+,30+,33-,37-/m0/s1. The normalized spacial score (nSPS) is 28.9. The molecule has 2 aromatic rings. The number of nitrogens with one attached hydrogen (secondary N) is 1. The molecule has 6 rings (SSSR count). The van der Waals surface area contributed by atoms with E-state index >= 15 is 0 Å². The van der Waals surface area contributed by atoms with Crippen LogP contribution in [0.15, 0.2) is 48.6 Å². The predicted molar refractivity (Wildman–Crippen MR) is 188 cm³/mol. The predicted octanol–water partition coefficient (Wildman–Crippen LogP) is 5.89. The SMILES string of the molecule is CC[C@@H]1CC/C=C/[C@H](OCCC(=O)N(C)C)[C@@H]2CC[C@H]2CN2C[C@@]3(CCCc4cc(Cl)ccc43)COc3ccc(cc32)C(=O)NS1(=O)=O. The van der Waals surface area contributed by atoms with Gasteiger partial charge in [0.25, 0.3) is 5.91 Å². The number of carbonyl (C=O) groups excluding carboxylic acids is 2. The Morgan fingerprint density at radius 3 is 2.75 bits per heavy atom. The molecule has 11 heteroatoms. The van der Waals surface area contributed by atoms with E-state index in [1.807, 2.05) is 25.1 Å². The minimum Gasteiger partial charge on any atom is -0.490 e. The average molecular weight is 698 g/mol. The maximum atomic E-state index is 13.5. The van der Waals surface area contributed by atoms with Crippen LogP contribution >= 0.6 is 11.6 Å². The molecule has 2 bridgehead atoms. The van der Waals surface area contributed by atoms with E-state index in [1.165, 1.54) is 11.1 Å². The third-order valence-corrected chi connectivity index (χ3v) is 13.0. The van der Waals surface area contributed by atoms with E-state index in [-0.39, 0.29) is 28.9 Å². The number of hydrogen-bond acceptors (Lipinski definition) is 7. The summed E-state index contributed by atoms with van der Waals surface area (Å²) in [6, 6.07) is 11.5. The van der Waals surface area contributed by atoms with E-state index in [9.17, 15) is 18.0 Å². The molecule has 1 saturated carbocycles. The quantitative estimate of drug-likeness (QED) is 0.389. The van der Waals surface area contributed by atoms with Crippen LogP contribution in [0.3, 0.4) is 0 Å². The van der Waals surface area contributed by atoms with Gasteiger partial charge in [0.2, 0.25) is 15.9 Å². The molecule has 0 aromatic heterocycles. The zero-order chi connectivity index (χ0) is 34.1. The van der Waals surface area contributed by atoms with Gasteiger partial charge in [-0.1, -0.05) is 36.7 Å². The first-order chi connectivity index (χ1) is 23.0. The van der Waals surface area contributed by atoms with E-state index in [0.29, 0.717) is 57.1 Å². The highest BCUT2D eigenvalue weighted by atomic mass is 35.5. The van der Waals surface area contributed by atoms with Crippen molar-refractivity contribution in [1.82, 2.24) is 9.62 Å². The first-order valence-electron chi connectivity index (χ1n) is 17.3. The number of carbonyl (C=O) groups is 2. The van der Waals surface area contributed by atoms with Gasteiger partial charge >= 0.3 is 0 Å². The zero-order valence-corrected chi connectivity index (χ0v) is 29.8. The second-order valence-corrected chi connectivity index (χ2v) is 16.6. The Bertz CT molecular complexity index is 1660. The van der Waals surface area contributed by atoms with E-state index in [1.54, 1.807) is 31.1 Å². The molecule has 9 nitrogen and oxygen atoms in total. The summed E-state index contributed by atoms with van der Waals surface area (Å²) in [4.78, 5) is 29.8. The van der Waals surface area contributed by atoms with Gasteiger partial charge in [0.1, 0.15) is 5.75 Å². The lowest BCUT2D eigenvalue weighted by atomic mass is 9.68. The van der Waals surface area contributed by atoms with Crippen molar-refractivity contribution in [2.24, 2.45) is 11.8 Å². The van der Waals surface area contributed by atoms with E-state index < -0.39 is 21.2 Å². The number of hydrogen-bond donors (Lipinski definition) is 1. The number of allylic oxidation sites excluding steroid dienone is 1. The summed E-state index contributed by atoms with van der Waals surface area (Å²) in [6.45, 7) is 4.06. The fourth-order valence-electron chi connectivity index (χ4n) is 7.98. The lowest BCUT2D eigenvalue weighted by molar-refractivity contribution is -0.130. The molecule has 2 aromatic carbocycles. The fourth-order valence-corrected chi connectivity index (χ4v) is 9.61. The van der Waals surface area contributed by atoms with Crippen LogP contribution < -0.4 is 14.4 Å². The first-order valence-corrected chi connectivity index (χ1v) is 19.3. The molecular weight excluding hydrogens is 650 g/mol. The Hall–Kier alpha value is -3.08. The van der Waals surface area contributed by atoms with Crippen LogP contribution in [0.25, 0.3) is 0 Å². The van der Waals surface area contributed by atoms with Gasteiger partial charge < -0.3 is 19.3 Å². The van der Waals surface area contributed by atoms with Crippen molar-refractivity contribution in [3.05, 3.63) is 70.3 Å². The van der Waals surface area contributed by atoms with Crippen LogP contribution in [0, 0.1) is 11.8 Å². The molecule has 5 atom stereocenters. The largest absolute Gasteiger partial charge is 0.490 e. The van der Waals surface area contributed by atoms with E-state index in [2.05, 4.69) is 27.8 Å². The summed E-state index contributed by atoms with van der Waals surface area (Å²) >= 11 is 6.44. The highest BCUT2D eigenvalue weighted by Gasteiger charge is 2.44. The smallest absolute Gasteiger partial charge is 0.264 e. The minimum atomic E-state index is -3.92. The second-order valence-electron chi connectivity index (χ2n) is 14.2. The highest BCUT2D eigenvalue weighted by molar-refractivity contribution is 7.90. The van der Waals surface area contributed by atoms with Crippen LogP contribution in [0.1, 0.15) is 79.8 Å². The Balaban J connectivity index is 1.38. The fraction of sp³-hybridized carbons (Fsp3) is 0.568. The molecular formula is C37H48ClN3O6S. The van der Waals surface area contributed by atoms with Crippen molar-refractivity contribution in [1.29, 1.82) is 0 Å². The Labute approximate surface area is 290 Å². The Morgan fingerprint density at radius 1 is 1.17 bits per heavy atom. The topological polar surface area (TPSA) is 105 Å². The monoisotopic (exact) mass is 697 g/mol. The molecule has 1 fully saturated rings. The minimum absolute atomic E-state index is 0.0201. The molecule has 0 saturated heterocycles. The van der Waals surface area contributed by atoms with Crippen molar-refractivity contribution in [3.8, 4) is 5.75 Å². The van der Waals surface area contributed by atoms with Gasteiger partial charge in [-0.05, 0) is 105 Å². The second kappa shape index (κ2) is 14.4. The van der Waals surface area contributed by atoms with Gasteiger partial charge in [-0.3, -0.25) is 9.59 Å². The summed E-state index contributed by atoms with van der Waals surface area (Å²) in [7, 11) is -0.421. The molecule has 2 aliphatic heterocycles. The van der Waals surface area contributed by atoms with Crippen molar-refractivity contribution < 1.29 is 27.5 Å². The Morgan fingerprint density at radius 2 is 2.00 bits per heavy atom. The van der Waals surface area contributed by atoms with E-state index in [4.69, 9.17) is 21.1 Å². The number of amides is 2. The van der Waals surface area contributed by atoms with E-state index in [0.717, 1.165) is 49.4 Å². The molecule has 48 heavy (non-hydrogen) atoms. The number of aryl methyl sites for hydroxylation is 1. The van der Waals surface area contributed by atoms with Gasteiger partial charge in [-0.2, -0.15) is 0 Å². The molecule has 0 unspecified atom stereocenters. The number of ether oxygens (including phenoxy) is 2. The zero-order valence-electron chi connectivity index (χ0n) is 28.3. The third kappa shape index (κ3) is 7.26. The number of benzene rings is 2. The number of nitrogens with zero attached hydrogens (tertiary/aromatic N) is 2. The van der Waals surface area contributed by atoms with Gasteiger partial charge in [0.15, 0.2) is 0 Å². The molecule has 2 heterocycles. The average Bonchev–Trinajstić information content (AvgIpc) is 3.18. The molecule has 4 aliphatic rings. The summed E-state index contributed by atoms with van der Waals surface area (Å²) in [5.41, 5.74) is 3.32. The molecule has 2 amide bonds. The third-order valence-electron chi connectivity index (χ3n) is 10.9. The van der Waals surface area contributed by atoms with Gasteiger partial charge in [0, 0.05) is 43.2 Å². The van der Waals surface area contributed by atoms with Crippen LogP contribution in [0.4, 0.5) is 5.69 Å². The first kappa shape index (κ1) is 34.8. The van der Waals surface area contributed by atoms with Gasteiger partial charge in [-0.15, -0.1) is 0 Å². The summed E-state index contributed by atoms with van der Waals surface area (Å²) in [5.74, 6) is 0.631. The molecule has 2 aliphatic carbocycles. The number of halogens is 1. The van der Waals surface area contributed by atoms with Crippen LogP contribution in [0.2, 0.25) is 5.02 Å². The summed E-state index contributed by atoms with van der Waals surface area (Å²) in [5, 5.41) is 0.0150. The van der Waals surface area contributed by atoms with Crippen molar-refractivity contribution in [2.45, 2.75) is 81.5 Å². The van der Waals surface area contributed by atoms with Crippen molar-refractivity contribution >= 4 is 39.1 Å².